The predicted octanol–water partition coefficient (Wildman–Crippen LogP) is 3.48. The third-order valence-corrected chi connectivity index (χ3v) is 4.22. The van der Waals surface area contributed by atoms with Gasteiger partial charge in [0.05, 0.1) is 5.52 Å². The highest BCUT2D eigenvalue weighted by atomic mass is 16.1. The van der Waals surface area contributed by atoms with Crippen molar-refractivity contribution < 1.29 is 4.79 Å². The summed E-state index contributed by atoms with van der Waals surface area (Å²) in [4.78, 5) is 18.6. The fourth-order valence-corrected chi connectivity index (χ4v) is 2.44. The van der Waals surface area contributed by atoms with Gasteiger partial charge in [-0.15, -0.1) is 0 Å². The molecule has 24 heavy (non-hydrogen) atoms. The van der Waals surface area contributed by atoms with Crippen molar-refractivity contribution in [1.29, 1.82) is 0 Å². The topological polar surface area (TPSA) is 45.2 Å². The van der Waals surface area contributed by atoms with Crippen molar-refractivity contribution in [2.75, 3.05) is 20.1 Å². The summed E-state index contributed by atoms with van der Waals surface area (Å²) < 4.78 is 0. The minimum Gasteiger partial charge on any atom is -0.353 e. The van der Waals surface area contributed by atoms with Gasteiger partial charge in [0.15, 0.2) is 0 Å². The summed E-state index contributed by atoms with van der Waals surface area (Å²) in [7, 11) is 2.13. The van der Waals surface area contributed by atoms with E-state index in [9.17, 15) is 4.79 Å². The molecule has 0 spiro atoms. The zero-order valence-electron chi connectivity index (χ0n) is 14.8. The second-order valence-corrected chi connectivity index (χ2v) is 6.32. The van der Waals surface area contributed by atoms with Crippen LogP contribution >= 0.6 is 0 Å². The fourth-order valence-electron chi connectivity index (χ4n) is 2.44. The highest BCUT2D eigenvalue weighted by Crippen LogP contribution is 2.17. The Kier molecular flexibility index (Phi) is 6.94. The van der Waals surface area contributed by atoms with Crippen LogP contribution in [0.4, 0.5) is 0 Å². The van der Waals surface area contributed by atoms with E-state index in [0.717, 1.165) is 35.9 Å². The van der Waals surface area contributed by atoms with Crippen molar-refractivity contribution in [3.8, 4) is 0 Å². The van der Waals surface area contributed by atoms with E-state index >= 15 is 0 Å². The van der Waals surface area contributed by atoms with Gasteiger partial charge < -0.3 is 10.2 Å². The average Bonchev–Trinajstić information content (AvgIpc) is 2.59. The van der Waals surface area contributed by atoms with Crippen molar-refractivity contribution in [2.45, 2.75) is 32.7 Å². The monoisotopic (exact) mass is 325 g/mol. The highest BCUT2D eigenvalue weighted by Gasteiger charge is 2.02. The number of hydrogen-bond acceptors (Lipinski definition) is 3. The van der Waals surface area contributed by atoms with E-state index in [1.807, 2.05) is 36.4 Å². The maximum atomic E-state index is 11.9. The first kappa shape index (κ1) is 18.1. The second kappa shape index (κ2) is 9.18. The number of pyridine rings is 1. The highest BCUT2D eigenvalue weighted by molar-refractivity contribution is 5.95. The van der Waals surface area contributed by atoms with Gasteiger partial charge in [0.1, 0.15) is 0 Å². The summed E-state index contributed by atoms with van der Waals surface area (Å²) in [6, 6.07) is 10.4. The van der Waals surface area contributed by atoms with Gasteiger partial charge in [-0.05, 0) is 64.1 Å². The molecule has 128 valence electrons. The lowest BCUT2D eigenvalue weighted by Crippen LogP contribution is -2.28. The Hall–Kier alpha value is -2.20. The molecule has 4 heteroatoms. The quantitative estimate of drug-likeness (QED) is 0.597. The molecule has 1 heterocycles. The Morgan fingerprint density at radius 1 is 1.25 bits per heavy atom. The second-order valence-electron chi connectivity index (χ2n) is 6.32. The van der Waals surface area contributed by atoms with Crippen molar-refractivity contribution >= 4 is 22.9 Å². The average molecular weight is 325 g/mol. The predicted molar refractivity (Wildman–Crippen MR) is 101 cm³/mol. The molecule has 2 rings (SSSR count). The van der Waals surface area contributed by atoms with Crippen LogP contribution in [0.1, 0.15) is 32.3 Å². The standard InChI is InChI=1S/C20H27N3O/c1-16(2)23(3)15-7-6-13-22-20(24)11-10-17-12-14-21-19-9-5-4-8-18(17)19/h4-5,8-12,14,16H,6-7,13,15H2,1-3H3,(H,22,24)/b11-10+. The van der Waals surface area contributed by atoms with Crippen LogP contribution in [-0.4, -0.2) is 42.0 Å². The van der Waals surface area contributed by atoms with Crippen LogP contribution in [0.3, 0.4) is 0 Å². The zero-order valence-corrected chi connectivity index (χ0v) is 14.8. The molecule has 2 aromatic rings. The number of amides is 1. The van der Waals surface area contributed by atoms with E-state index in [2.05, 4.69) is 36.1 Å². The van der Waals surface area contributed by atoms with Gasteiger partial charge >= 0.3 is 0 Å². The lowest BCUT2D eigenvalue weighted by Gasteiger charge is -2.20. The molecule has 0 aliphatic rings. The van der Waals surface area contributed by atoms with Gasteiger partial charge in [0, 0.05) is 30.2 Å². The number of fused-ring (bicyclic) bond motifs is 1. The lowest BCUT2D eigenvalue weighted by molar-refractivity contribution is -0.116. The van der Waals surface area contributed by atoms with Crippen LogP contribution < -0.4 is 5.32 Å². The Labute approximate surface area is 144 Å². The number of aromatic nitrogens is 1. The molecule has 0 saturated carbocycles. The molecule has 0 aliphatic heterocycles. The number of rotatable bonds is 8. The summed E-state index contributed by atoms with van der Waals surface area (Å²) in [5.41, 5.74) is 1.95. The smallest absolute Gasteiger partial charge is 0.243 e. The molecular formula is C20H27N3O. The van der Waals surface area contributed by atoms with E-state index in [4.69, 9.17) is 0 Å². The van der Waals surface area contributed by atoms with Gasteiger partial charge in [0.25, 0.3) is 0 Å². The first-order valence-corrected chi connectivity index (χ1v) is 8.58. The van der Waals surface area contributed by atoms with Crippen LogP contribution in [0, 0.1) is 0 Å². The summed E-state index contributed by atoms with van der Waals surface area (Å²) in [5.74, 6) is -0.0480. The van der Waals surface area contributed by atoms with E-state index in [1.54, 1.807) is 12.3 Å². The number of para-hydroxylation sites is 1. The minimum atomic E-state index is -0.0480. The molecule has 0 radical (unpaired) electrons. The molecule has 0 unspecified atom stereocenters. The van der Waals surface area contributed by atoms with Crippen LogP contribution in [0.2, 0.25) is 0 Å². The Morgan fingerprint density at radius 3 is 2.83 bits per heavy atom. The van der Waals surface area contributed by atoms with Crippen LogP contribution in [-0.2, 0) is 4.79 Å². The van der Waals surface area contributed by atoms with Crippen molar-refractivity contribution in [1.82, 2.24) is 15.2 Å². The molecule has 0 atom stereocenters. The van der Waals surface area contributed by atoms with Gasteiger partial charge in [-0.2, -0.15) is 0 Å². The summed E-state index contributed by atoms with van der Waals surface area (Å²) >= 11 is 0. The molecule has 1 aromatic heterocycles. The largest absolute Gasteiger partial charge is 0.353 e. The number of unbranched alkanes of at least 4 members (excludes halogenated alkanes) is 1. The maximum absolute atomic E-state index is 11.9. The van der Waals surface area contributed by atoms with Gasteiger partial charge in [-0.1, -0.05) is 18.2 Å². The van der Waals surface area contributed by atoms with Gasteiger partial charge in [-0.25, -0.2) is 0 Å². The molecule has 1 aromatic carbocycles. The van der Waals surface area contributed by atoms with E-state index in [-0.39, 0.29) is 5.91 Å². The van der Waals surface area contributed by atoms with Crippen LogP contribution in [0.15, 0.2) is 42.6 Å². The summed E-state index contributed by atoms with van der Waals surface area (Å²) in [6.45, 7) is 6.16. The van der Waals surface area contributed by atoms with Gasteiger partial charge in [-0.3, -0.25) is 9.78 Å². The van der Waals surface area contributed by atoms with Crippen LogP contribution in [0.25, 0.3) is 17.0 Å². The summed E-state index contributed by atoms with van der Waals surface area (Å²) in [5, 5.41) is 4.00. The number of carbonyl (C=O) groups excluding carboxylic acids is 1. The number of carbonyl (C=O) groups is 1. The van der Waals surface area contributed by atoms with E-state index in [1.165, 1.54) is 0 Å². The normalized spacial score (nSPS) is 11.7. The summed E-state index contributed by atoms with van der Waals surface area (Å²) in [6.07, 6.45) is 7.31. The first-order valence-electron chi connectivity index (χ1n) is 8.58. The maximum Gasteiger partial charge on any atom is 0.243 e. The lowest BCUT2D eigenvalue weighted by atomic mass is 10.1. The molecule has 1 amide bonds. The Morgan fingerprint density at radius 2 is 2.04 bits per heavy atom. The SMILES string of the molecule is CC(C)N(C)CCCCNC(=O)/C=C/c1ccnc2ccccc12. The third kappa shape index (κ3) is 5.46. The number of benzene rings is 1. The van der Waals surface area contributed by atoms with Crippen LogP contribution in [0.5, 0.6) is 0 Å². The molecule has 0 saturated heterocycles. The van der Waals surface area contributed by atoms with E-state index in [0.29, 0.717) is 12.6 Å². The number of nitrogens with one attached hydrogen (secondary N) is 1. The van der Waals surface area contributed by atoms with Crippen molar-refractivity contribution in [2.24, 2.45) is 0 Å². The Balaban J connectivity index is 1.79. The first-order chi connectivity index (χ1) is 11.6. The van der Waals surface area contributed by atoms with Gasteiger partial charge in [0.2, 0.25) is 5.91 Å². The molecular weight excluding hydrogens is 298 g/mol. The molecule has 0 bridgehead atoms. The zero-order chi connectivity index (χ0) is 17.4. The minimum absolute atomic E-state index is 0.0480. The number of nitrogens with zero attached hydrogens (tertiary/aromatic N) is 2. The fraction of sp³-hybridized carbons (Fsp3) is 0.400. The van der Waals surface area contributed by atoms with E-state index < -0.39 is 0 Å². The third-order valence-electron chi connectivity index (χ3n) is 4.22. The molecule has 1 N–H and O–H groups in total. The molecule has 4 nitrogen and oxygen atoms in total. The van der Waals surface area contributed by atoms with Crippen molar-refractivity contribution in [3.05, 3.63) is 48.2 Å². The molecule has 0 fully saturated rings. The number of hydrogen-bond donors (Lipinski definition) is 1. The molecule has 0 aliphatic carbocycles. The van der Waals surface area contributed by atoms with Crippen molar-refractivity contribution in [3.63, 3.8) is 0 Å². The Bertz CT molecular complexity index is 689.